The van der Waals surface area contributed by atoms with Gasteiger partial charge in [0.2, 0.25) is 0 Å². The van der Waals surface area contributed by atoms with Crippen LogP contribution < -0.4 is 14.8 Å². The van der Waals surface area contributed by atoms with Crippen molar-refractivity contribution < 1.29 is 37.0 Å². The molecule has 1 aromatic carbocycles. The van der Waals surface area contributed by atoms with Crippen LogP contribution in [0.25, 0.3) is 0 Å². The zero-order valence-corrected chi connectivity index (χ0v) is 17.8. The average molecular weight is 487 g/mol. The maximum atomic E-state index is 12.8. The lowest BCUT2D eigenvalue weighted by molar-refractivity contribution is -0.325. The quantitative estimate of drug-likeness (QED) is 0.600. The van der Waals surface area contributed by atoms with Crippen molar-refractivity contribution in [1.82, 2.24) is 20.3 Å². The number of nitrogens with one attached hydrogen (secondary N) is 1. The molecule has 0 spiro atoms. The molecule has 4 aliphatic rings. The van der Waals surface area contributed by atoms with Gasteiger partial charge in [-0.3, -0.25) is 14.3 Å². The Morgan fingerprint density at radius 2 is 2.06 bits per heavy atom. The molecule has 0 radical (unpaired) electrons. The minimum Gasteiger partial charge on any atom is -0.479 e. The number of hydrogen-bond acceptors (Lipinski definition) is 7. The number of nitrogens with zero attached hydrogens (tertiary/aromatic N) is 3. The van der Waals surface area contributed by atoms with Crippen molar-refractivity contribution in [2.75, 3.05) is 13.2 Å². The molecule has 2 aromatic rings. The summed E-state index contributed by atoms with van der Waals surface area (Å²) in [6.07, 6.45) is -2.35. The first-order valence-corrected chi connectivity index (χ1v) is 10.5. The molecule has 0 unspecified atom stereocenters. The Bertz CT molecular complexity index is 1100. The molecule has 1 atom stereocenters. The molecule has 2 heterocycles. The number of alkyl halides is 3. The molecular weight excluding hydrogens is 469 g/mol. The summed E-state index contributed by atoms with van der Waals surface area (Å²) < 4.78 is 52.0. The maximum Gasteiger partial charge on any atom is 0.522 e. The zero-order valence-electron chi connectivity index (χ0n) is 17.0. The molecular formula is C20H18ClF3N4O5. The number of halogens is 4. The highest BCUT2D eigenvalue weighted by Crippen LogP contribution is 2.65. The van der Waals surface area contributed by atoms with E-state index in [1.807, 2.05) is 0 Å². The number of aromatic nitrogens is 3. The summed E-state index contributed by atoms with van der Waals surface area (Å²) in [7, 11) is 0. The Hall–Kier alpha value is -2.86. The van der Waals surface area contributed by atoms with Crippen LogP contribution in [0.3, 0.4) is 0 Å². The molecule has 0 saturated heterocycles. The van der Waals surface area contributed by atoms with Crippen LogP contribution in [0, 0.1) is 0 Å². The Morgan fingerprint density at radius 1 is 1.30 bits per heavy atom. The second-order valence-corrected chi connectivity index (χ2v) is 8.98. The SMILES string of the molecule is O=C1C[C@H](C(=O)NC23CC(n4cc(OCCOC(F)(F)F)nn4)(C2)C3)Oc2ccc(Cl)cc21. The first kappa shape index (κ1) is 22.0. The monoisotopic (exact) mass is 486 g/mol. The van der Waals surface area contributed by atoms with E-state index in [1.54, 1.807) is 16.8 Å². The van der Waals surface area contributed by atoms with Gasteiger partial charge in [-0.25, -0.2) is 4.68 Å². The van der Waals surface area contributed by atoms with Gasteiger partial charge in [-0.15, -0.1) is 13.2 Å². The second kappa shape index (κ2) is 7.59. The van der Waals surface area contributed by atoms with E-state index in [0.717, 1.165) is 0 Å². The fraction of sp³-hybridized carbons (Fsp3) is 0.500. The van der Waals surface area contributed by atoms with Crippen molar-refractivity contribution >= 4 is 23.3 Å². The van der Waals surface area contributed by atoms with Crippen LogP contribution in [0.5, 0.6) is 11.6 Å². The van der Waals surface area contributed by atoms with Gasteiger partial charge in [0.15, 0.2) is 11.9 Å². The van der Waals surface area contributed by atoms with Crippen LogP contribution in [0.1, 0.15) is 36.0 Å². The Balaban J connectivity index is 1.13. The lowest BCUT2D eigenvalue weighted by Gasteiger charge is -2.69. The lowest BCUT2D eigenvalue weighted by Crippen LogP contribution is -2.79. The van der Waals surface area contributed by atoms with Gasteiger partial charge in [-0.2, -0.15) is 0 Å². The summed E-state index contributed by atoms with van der Waals surface area (Å²) in [6, 6.07) is 4.70. The van der Waals surface area contributed by atoms with E-state index in [-0.39, 0.29) is 36.1 Å². The molecule has 3 fully saturated rings. The molecule has 9 nitrogen and oxygen atoms in total. The van der Waals surface area contributed by atoms with E-state index in [2.05, 4.69) is 20.4 Å². The standard InChI is InChI=1S/C20H18ClF3N4O5/c21-11-1-2-14-12(5-11)13(29)6-15(33-14)17(30)25-18-8-19(9-18,10-18)28-7-16(26-27-28)31-3-4-32-20(22,23)24/h1-2,5,7,15H,3-4,6,8-10H2,(H,25,30)/t15-,18?,19?/m1/s1. The first-order chi connectivity index (χ1) is 15.6. The predicted molar refractivity (Wildman–Crippen MR) is 105 cm³/mol. The van der Waals surface area contributed by atoms with E-state index in [9.17, 15) is 22.8 Å². The average Bonchev–Trinajstić information content (AvgIpc) is 3.15. The highest BCUT2D eigenvalue weighted by atomic mass is 35.5. The highest BCUT2D eigenvalue weighted by Gasteiger charge is 2.70. The maximum absolute atomic E-state index is 12.8. The molecule has 33 heavy (non-hydrogen) atoms. The molecule has 6 rings (SSSR count). The minimum atomic E-state index is -4.71. The van der Waals surface area contributed by atoms with Crippen molar-refractivity contribution in [3.8, 4) is 11.6 Å². The molecule has 1 amide bonds. The largest absolute Gasteiger partial charge is 0.522 e. The number of carbonyl (C=O) groups is 2. The van der Waals surface area contributed by atoms with Crippen LogP contribution in [-0.4, -0.2) is 57.9 Å². The number of Topliss-reactive ketones (excluding diaryl/α,β-unsaturated/α-hetero) is 1. The normalized spacial score (nSPS) is 27.6. The molecule has 3 aliphatic carbocycles. The number of rotatable bonds is 7. The van der Waals surface area contributed by atoms with E-state index >= 15 is 0 Å². The lowest BCUT2D eigenvalue weighted by atomic mass is 9.44. The number of carbonyl (C=O) groups excluding carboxylic acids is 2. The van der Waals surface area contributed by atoms with Gasteiger partial charge in [-0.05, 0) is 37.5 Å². The van der Waals surface area contributed by atoms with Gasteiger partial charge < -0.3 is 14.8 Å². The van der Waals surface area contributed by atoms with Gasteiger partial charge in [0.1, 0.15) is 12.4 Å². The third-order valence-electron chi connectivity index (χ3n) is 6.12. The third kappa shape index (κ3) is 4.12. The highest BCUT2D eigenvalue weighted by molar-refractivity contribution is 6.31. The summed E-state index contributed by atoms with van der Waals surface area (Å²) in [5.74, 6) is -0.134. The number of benzene rings is 1. The molecule has 1 aromatic heterocycles. The minimum absolute atomic E-state index is 0.0672. The van der Waals surface area contributed by atoms with E-state index in [0.29, 0.717) is 35.6 Å². The van der Waals surface area contributed by atoms with Crippen LogP contribution >= 0.6 is 11.6 Å². The Labute approximate surface area is 190 Å². The molecule has 3 saturated carbocycles. The first-order valence-electron chi connectivity index (χ1n) is 10.1. The number of ketones is 1. The fourth-order valence-electron chi connectivity index (χ4n) is 4.74. The number of fused-ring (bicyclic) bond motifs is 1. The van der Waals surface area contributed by atoms with Crippen LogP contribution in [0.4, 0.5) is 13.2 Å². The second-order valence-electron chi connectivity index (χ2n) is 8.54. The van der Waals surface area contributed by atoms with Gasteiger partial charge >= 0.3 is 6.36 Å². The van der Waals surface area contributed by atoms with Crippen LogP contribution in [0.2, 0.25) is 5.02 Å². The molecule has 1 N–H and O–H groups in total. The Kier molecular flexibility index (Phi) is 5.05. The zero-order chi connectivity index (χ0) is 23.4. The van der Waals surface area contributed by atoms with Crippen molar-refractivity contribution in [3.63, 3.8) is 0 Å². The number of hydrogen-bond donors (Lipinski definition) is 1. The summed E-state index contributed by atoms with van der Waals surface area (Å²) in [5, 5.41) is 11.2. The van der Waals surface area contributed by atoms with Crippen LogP contribution in [0.15, 0.2) is 24.4 Å². The number of amides is 1. The van der Waals surface area contributed by atoms with Gasteiger partial charge in [0.05, 0.1) is 30.3 Å². The van der Waals surface area contributed by atoms with Gasteiger partial charge in [0, 0.05) is 10.6 Å². The topological polar surface area (TPSA) is 105 Å². The van der Waals surface area contributed by atoms with Gasteiger partial charge in [0.25, 0.3) is 11.8 Å². The van der Waals surface area contributed by atoms with Crippen molar-refractivity contribution in [1.29, 1.82) is 0 Å². The molecule has 176 valence electrons. The van der Waals surface area contributed by atoms with Crippen molar-refractivity contribution in [2.45, 2.75) is 49.2 Å². The van der Waals surface area contributed by atoms with Crippen LogP contribution in [-0.2, 0) is 15.1 Å². The molecule has 13 heteroatoms. The van der Waals surface area contributed by atoms with Crippen molar-refractivity contribution in [3.05, 3.63) is 35.0 Å². The fourth-order valence-corrected chi connectivity index (χ4v) is 4.92. The summed E-state index contributed by atoms with van der Waals surface area (Å²) in [6.45, 7) is -0.972. The summed E-state index contributed by atoms with van der Waals surface area (Å²) in [4.78, 5) is 25.1. The summed E-state index contributed by atoms with van der Waals surface area (Å²) in [5.41, 5.74) is -0.362. The number of ether oxygens (including phenoxy) is 3. The van der Waals surface area contributed by atoms with Gasteiger partial charge in [-0.1, -0.05) is 21.9 Å². The summed E-state index contributed by atoms with van der Waals surface area (Å²) >= 11 is 5.92. The predicted octanol–water partition coefficient (Wildman–Crippen LogP) is 2.63. The van der Waals surface area contributed by atoms with E-state index < -0.39 is 24.6 Å². The molecule has 2 bridgehead atoms. The van der Waals surface area contributed by atoms with E-state index in [4.69, 9.17) is 21.1 Å². The van der Waals surface area contributed by atoms with E-state index in [1.165, 1.54) is 12.3 Å². The Morgan fingerprint density at radius 3 is 2.79 bits per heavy atom. The van der Waals surface area contributed by atoms with Crippen molar-refractivity contribution in [2.24, 2.45) is 0 Å². The smallest absolute Gasteiger partial charge is 0.479 e. The molecule has 1 aliphatic heterocycles. The third-order valence-corrected chi connectivity index (χ3v) is 6.36.